The Balaban J connectivity index is 1.83. The molecule has 2 heteroatoms. The van der Waals surface area contributed by atoms with Gasteiger partial charge < -0.3 is 4.74 Å². The van der Waals surface area contributed by atoms with E-state index in [1.54, 1.807) is 0 Å². The zero-order valence-corrected chi connectivity index (χ0v) is 14.1. The molecule has 2 atom stereocenters. The third-order valence-electron chi connectivity index (χ3n) is 5.20. The Morgan fingerprint density at radius 3 is 2.29 bits per heavy atom. The van der Waals surface area contributed by atoms with Crippen LogP contribution in [0.4, 0.5) is 0 Å². The van der Waals surface area contributed by atoms with Gasteiger partial charge in [-0.1, -0.05) is 23.3 Å². The summed E-state index contributed by atoms with van der Waals surface area (Å²) in [7, 11) is 0. The molecule has 0 heterocycles. The fraction of sp³-hybridized carbons (Fsp3) is 0.737. The summed E-state index contributed by atoms with van der Waals surface area (Å²) in [5.74, 6) is 0.924. The van der Waals surface area contributed by atoms with Gasteiger partial charge in [-0.05, 0) is 72.1 Å². The highest BCUT2D eigenvalue weighted by molar-refractivity contribution is 5.70. The minimum absolute atomic E-state index is 0.00997. The molecule has 0 radical (unpaired) electrons. The molecule has 0 amide bonds. The predicted octanol–water partition coefficient (Wildman–Crippen LogP) is 5.19. The van der Waals surface area contributed by atoms with Gasteiger partial charge in [0, 0.05) is 12.3 Å². The molecule has 2 nitrogen and oxygen atoms in total. The van der Waals surface area contributed by atoms with Gasteiger partial charge in [0.05, 0.1) is 0 Å². The van der Waals surface area contributed by atoms with E-state index in [-0.39, 0.29) is 11.6 Å². The fourth-order valence-electron chi connectivity index (χ4n) is 3.46. The molecule has 0 aromatic carbocycles. The second-order valence-corrected chi connectivity index (χ2v) is 7.49. The van der Waals surface area contributed by atoms with Gasteiger partial charge in [-0.15, -0.1) is 0 Å². The van der Waals surface area contributed by atoms with Gasteiger partial charge in [0.2, 0.25) is 0 Å². The van der Waals surface area contributed by atoms with Gasteiger partial charge in [-0.25, -0.2) is 0 Å². The van der Waals surface area contributed by atoms with Crippen LogP contribution >= 0.6 is 0 Å². The average molecular weight is 290 g/mol. The SMILES string of the molecule is CC1=CCC(CC(=O)OC(C)(C)C2CC=C(C)CC2)CC1. The number of hydrogen-bond acceptors (Lipinski definition) is 2. The molecule has 0 saturated heterocycles. The number of hydrogen-bond donors (Lipinski definition) is 0. The number of carbonyl (C=O) groups is 1. The van der Waals surface area contributed by atoms with Crippen molar-refractivity contribution in [3.63, 3.8) is 0 Å². The van der Waals surface area contributed by atoms with Gasteiger partial charge in [0.25, 0.3) is 0 Å². The lowest BCUT2D eigenvalue weighted by atomic mass is 9.79. The van der Waals surface area contributed by atoms with Crippen molar-refractivity contribution >= 4 is 5.97 Å². The Labute approximate surface area is 129 Å². The molecule has 0 N–H and O–H groups in total. The van der Waals surface area contributed by atoms with E-state index in [1.807, 2.05) is 0 Å². The number of allylic oxidation sites excluding steroid dienone is 4. The van der Waals surface area contributed by atoms with Crippen LogP contribution in [-0.2, 0) is 9.53 Å². The summed E-state index contributed by atoms with van der Waals surface area (Å²) < 4.78 is 5.85. The van der Waals surface area contributed by atoms with Crippen molar-refractivity contribution in [2.45, 2.75) is 78.2 Å². The molecule has 0 saturated carbocycles. The highest BCUT2D eigenvalue weighted by Crippen LogP contribution is 2.35. The topological polar surface area (TPSA) is 26.3 Å². The average Bonchev–Trinajstić information content (AvgIpc) is 2.41. The fourth-order valence-corrected chi connectivity index (χ4v) is 3.46. The predicted molar refractivity (Wildman–Crippen MR) is 87.0 cm³/mol. The molecular weight excluding hydrogens is 260 g/mol. The number of carbonyl (C=O) groups excluding carboxylic acids is 1. The summed E-state index contributed by atoms with van der Waals surface area (Å²) in [6.45, 7) is 8.52. The summed E-state index contributed by atoms with van der Waals surface area (Å²) in [6, 6.07) is 0. The van der Waals surface area contributed by atoms with Crippen LogP contribution in [-0.4, -0.2) is 11.6 Å². The molecule has 0 aromatic rings. The van der Waals surface area contributed by atoms with Crippen molar-refractivity contribution in [1.82, 2.24) is 0 Å². The van der Waals surface area contributed by atoms with Crippen LogP contribution in [0.5, 0.6) is 0 Å². The zero-order chi connectivity index (χ0) is 15.5. The molecule has 2 aliphatic carbocycles. The van der Waals surface area contributed by atoms with Crippen molar-refractivity contribution < 1.29 is 9.53 Å². The van der Waals surface area contributed by atoms with Crippen molar-refractivity contribution in [2.24, 2.45) is 11.8 Å². The second-order valence-electron chi connectivity index (χ2n) is 7.49. The van der Waals surface area contributed by atoms with E-state index in [1.165, 1.54) is 11.1 Å². The Kier molecular flexibility index (Phi) is 5.29. The molecule has 0 spiro atoms. The monoisotopic (exact) mass is 290 g/mol. The Bertz CT molecular complexity index is 442. The molecule has 2 unspecified atom stereocenters. The molecule has 0 fully saturated rings. The Morgan fingerprint density at radius 1 is 1.14 bits per heavy atom. The van der Waals surface area contributed by atoms with Crippen molar-refractivity contribution in [2.75, 3.05) is 0 Å². The molecule has 118 valence electrons. The molecule has 2 rings (SSSR count). The summed E-state index contributed by atoms with van der Waals surface area (Å²) in [4.78, 5) is 12.3. The quantitative estimate of drug-likeness (QED) is 0.526. The van der Waals surface area contributed by atoms with E-state index in [0.29, 0.717) is 18.3 Å². The smallest absolute Gasteiger partial charge is 0.306 e. The first kappa shape index (κ1) is 16.3. The first-order chi connectivity index (χ1) is 9.87. The maximum Gasteiger partial charge on any atom is 0.306 e. The van der Waals surface area contributed by atoms with E-state index in [2.05, 4.69) is 39.8 Å². The third-order valence-corrected chi connectivity index (χ3v) is 5.20. The second kappa shape index (κ2) is 6.81. The molecule has 0 aromatic heterocycles. The molecule has 2 aliphatic rings. The van der Waals surface area contributed by atoms with Gasteiger partial charge >= 0.3 is 5.97 Å². The lowest BCUT2D eigenvalue weighted by molar-refractivity contribution is -0.163. The first-order valence-electron chi connectivity index (χ1n) is 8.40. The van der Waals surface area contributed by atoms with Gasteiger partial charge in [-0.3, -0.25) is 4.79 Å². The normalized spacial score (nSPS) is 26.9. The van der Waals surface area contributed by atoms with Gasteiger partial charge in [0.1, 0.15) is 5.60 Å². The van der Waals surface area contributed by atoms with E-state index in [9.17, 15) is 4.79 Å². The molecular formula is C19H30O2. The largest absolute Gasteiger partial charge is 0.459 e. The van der Waals surface area contributed by atoms with Crippen molar-refractivity contribution in [3.8, 4) is 0 Å². The van der Waals surface area contributed by atoms with Crippen LogP contribution < -0.4 is 0 Å². The van der Waals surface area contributed by atoms with Crippen LogP contribution in [0.2, 0.25) is 0 Å². The summed E-state index contributed by atoms with van der Waals surface area (Å²) >= 11 is 0. The molecule has 0 aliphatic heterocycles. The third kappa shape index (κ3) is 4.72. The van der Waals surface area contributed by atoms with E-state index in [0.717, 1.165) is 38.5 Å². The van der Waals surface area contributed by atoms with Crippen LogP contribution in [0, 0.1) is 11.8 Å². The Morgan fingerprint density at radius 2 is 1.76 bits per heavy atom. The maximum atomic E-state index is 12.3. The van der Waals surface area contributed by atoms with Crippen LogP contribution in [0.25, 0.3) is 0 Å². The maximum absolute atomic E-state index is 12.3. The molecule has 0 bridgehead atoms. The minimum Gasteiger partial charge on any atom is -0.459 e. The van der Waals surface area contributed by atoms with E-state index < -0.39 is 0 Å². The first-order valence-corrected chi connectivity index (χ1v) is 8.40. The van der Waals surface area contributed by atoms with Crippen LogP contribution in [0.15, 0.2) is 23.3 Å². The lowest BCUT2D eigenvalue weighted by Crippen LogP contribution is -2.38. The van der Waals surface area contributed by atoms with E-state index >= 15 is 0 Å². The minimum atomic E-state index is -0.339. The summed E-state index contributed by atoms with van der Waals surface area (Å²) in [6.07, 6.45) is 11.8. The van der Waals surface area contributed by atoms with Crippen molar-refractivity contribution in [3.05, 3.63) is 23.3 Å². The van der Waals surface area contributed by atoms with Gasteiger partial charge in [0.15, 0.2) is 0 Å². The zero-order valence-electron chi connectivity index (χ0n) is 14.1. The lowest BCUT2D eigenvalue weighted by Gasteiger charge is -2.36. The van der Waals surface area contributed by atoms with Crippen LogP contribution in [0.3, 0.4) is 0 Å². The standard InChI is InChI=1S/C19H30O2/c1-14-5-9-16(10-6-14)13-18(20)21-19(3,4)17-11-7-15(2)8-12-17/h5,7,16-17H,6,8-13H2,1-4H3. The number of esters is 1. The Hall–Kier alpha value is -1.05. The highest BCUT2D eigenvalue weighted by Gasteiger charge is 2.34. The molecule has 21 heavy (non-hydrogen) atoms. The van der Waals surface area contributed by atoms with Crippen LogP contribution in [0.1, 0.15) is 72.6 Å². The summed E-state index contributed by atoms with van der Waals surface area (Å²) in [5.41, 5.74) is 2.59. The number of rotatable bonds is 4. The summed E-state index contributed by atoms with van der Waals surface area (Å²) in [5, 5.41) is 0. The van der Waals surface area contributed by atoms with Crippen molar-refractivity contribution in [1.29, 1.82) is 0 Å². The highest BCUT2D eigenvalue weighted by atomic mass is 16.6. The van der Waals surface area contributed by atoms with E-state index in [4.69, 9.17) is 4.74 Å². The number of ether oxygens (including phenoxy) is 1. The van der Waals surface area contributed by atoms with Gasteiger partial charge in [-0.2, -0.15) is 0 Å².